The molecule has 1 saturated heterocycles. The second-order valence-corrected chi connectivity index (χ2v) is 7.51. The summed E-state index contributed by atoms with van der Waals surface area (Å²) in [6.07, 6.45) is 3.65. The van der Waals surface area contributed by atoms with Crippen LogP contribution in [0.25, 0.3) is 0 Å². The number of nitrogens with two attached hydrogens (primary N) is 2. The molecule has 3 rings (SSSR count). The molecule has 2 amide bonds. The molecule has 0 aliphatic carbocycles. The normalized spacial score (nSPS) is 27.2. The van der Waals surface area contributed by atoms with E-state index in [0.717, 1.165) is 0 Å². The molecule has 0 aromatic heterocycles. The molecule has 4 atom stereocenters. The molecule has 1 aromatic rings. The highest BCUT2D eigenvalue weighted by Crippen LogP contribution is 2.53. The molecule has 9 heteroatoms. The summed E-state index contributed by atoms with van der Waals surface area (Å²) >= 11 is 0. The van der Waals surface area contributed by atoms with Gasteiger partial charge in [-0.05, 0) is 37.6 Å². The maximum atomic E-state index is 13.5. The van der Waals surface area contributed by atoms with Crippen molar-refractivity contribution >= 4 is 17.8 Å². The van der Waals surface area contributed by atoms with Crippen LogP contribution in [0.2, 0.25) is 0 Å². The molecule has 0 saturated carbocycles. The third-order valence-corrected chi connectivity index (χ3v) is 5.33. The van der Waals surface area contributed by atoms with Gasteiger partial charge in [-0.15, -0.1) is 0 Å². The lowest BCUT2D eigenvalue weighted by atomic mass is 9.68. The molecule has 156 valence electrons. The maximum absolute atomic E-state index is 13.5. The van der Waals surface area contributed by atoms with E-state index in [4.69, 9.17) is 16.2 Å². The van der Waals surface area contributed by atoms with Crippen LogP contribution in [0.3, 0.4) is 0 Å². The SMILES string of the molecule is CC(C)OC(=O)[C@@]1(C#N)[C@@H]2C=CC(C(N)=O)=CN2[C@@H](C(N)=O)[C@@H]1c1ccc(F)cc1. The van der Waals surface area contributed by atoms with Crippen molar-refractivity contribution in [3.8, 4) is 6.07 Å². The second kappa shape index (κ2) is 7.63. The molecule has 0 spiro atoms. The lowest BCUT2D eigenvalue weighted by molar-refractivity contribution is -0.157. The smallest absolute Gasteiger partial charge is 0.329 e. The Balaban J connectivity index is 2.28. The summed E-state index contributed by atoms with van der Waals surface area (Å²) in [5, 5.41) is 10.2. The van der Waals surface area contributed by atoms with Crippen molar-refractivity contribution in [2.24, 2.45) is 16.9 Å². The summed E-state index contributed by atoms with van der Waals surface area (Å²) < 4.78 is 18.9. The van der Waals surface area contributed by atoms with Gasteiger partial charge in [0.05, 0.1) is 23.8 Å². The van der Waals surface area contributed by atoms with E-state index in [-0.39, 0.29) is 5.57 Å². The number of esters is 1. The number of hydrogen-bond acceptors (Lipinski definition) is 6. The minimum atomic E-state index is -1.88. The zero-order valence-electron chi connectivity index (χ0n) is 16.4. The Morgan fingerprint density at radius 3 is 2.37 bits per heavy atom. The Morgan fingerprint density at radius 2 is 1.87 bits per heavy atom. The lowest BCUT2D eigenvalue weighted by Gasteiger charge is -2.33. The fraction of sp³-hybridized carbons (Fsp3) is 0.333. The standard InChI is InChI=1S/C21H21FN4O4/c1-11(2)30-20(29)21(10-23)15-8-5-13(18(24)27)9-26(15)17(19(25)28)16(21)12-3-6-14(22)7-4-12/h3-9,11,15-17H,1-2H3,(H2,24,27)(H2,25,28)/t15-,16-,17+,21-/m0/s1. The first kappa shape index (κ1) is 21.0. The van der Waals surface area contributed by atoms with E-state index in [1.165, 1.54) is 47.5 Å². The topological polar surface area (TPSA) is 140 Å². The van der Waals surface area contributed by atoms with Gasteiger partial charge in [0.2, 0.25) is 11.8 Å². The van der Waals surface area contributed by atoms with E-state index in [9.17, 15) is 24.0 Å². The van der Waals surface area contributed by atoms with Gasteiger partial charge in [0.15, 0.2) is 5.41 Å². The highest BCUT2D eigenvalue weighted by atomic mass is 19.1. The summed E-state index contributed by atoms with van der Waals surface area (Å²) in [5.74, 6) is -4.00. The number of nitriles is 1. The summed E-state index contributed by atoms with van der Waals surface area (Å²) in [5.41, 5.74) is 9.60. The number of fused-ring (bicyclic) bond motifs is 1. The molecule has 0 radical (unpaired) electrons. The van der Waals surface area contributed by atoms with Crippen molar-refractivity contribution in [3.63, 3.8) is 0 Å². The Kier molecular flexibility index (Phi) is 5.35. The van der Waals surface area contributed by atoms with Crippen molar-refractivity contribution < 1.29 is 23.5 Å². The largest absolute Gasteiger partial charge is 0.462 e. The van der Waals surface area contributed by atoms with Crippen LogP contribution >= 0.6 is 0 Å². The van der Waals surface area contributed by atoms with Gasteiger partial charge in [0.25, 0.3) is 0 Å². The predicted molar refractivity (Wildman–Crippen MR) is 103 cm³/mol. The van der Waals surface area contributed by atoms with E-state index in [1.54, 1.807) is 13.8 Å². The minimum Gasteiger partial charge on any atom is -0.462 e. The molecule has 2 aliphatic rings. The lowest BCUT2D eigenvalue weighted by Crippen LogP contribution is -2.46. The van der Waals surface area contributed by atoms with Gasteiger partial charge in [-0.25, -0.2) is 4.39 Å². The molecular weight excluding hydrogens is 391 g/mol. The minimum absolute atomic E-state index is 0.0846. The Labute approximate surface area is 172 Å². The monoisotopic (exact) mass is 412 g/mol. The molecule has 4 N–H and O–H groups in total. The number of nitrogens with zero attached hydrogens (tertiary/aromatic N) is 2. The second-order valence-electron chi connectivity index (χ2n) is 7.51. The molecule has 8 nitrogen and oxygen atoms in total. The van der Waals surface area contributed by atoms with Crippen molar-refractivity contribution in [3.05, 3.63) is 59.6 Å². The van der Waals surface area contributed by atoms with Crippen LogP contribution in [0.15, 0.2) is 48.2 Å². The van der Waals surface area contributed by atoms with Gasteiger partial charge < -0.3 is 21.1 Å². The Bertz CT molecular complexity index is 995. The first-order valence-corrected chi connectivity index (χ1v) is 9.27. The number of carbonyl (C=O) groups excluding carboxylic acids is 3. The van der Waals surface area contributed by atoms with Crippen LogP contribution in [0, 0.1) is 22.6 Å². The molecule has 2 heterocycles. The van der Waals surface area contributed by atoms with Gasteiger partial charge in [-0.3, -0.25) is 14.4 Å². The first-order valence-electron chi connectivity index (χ1n) is 9.27. The Morgan fingerprint density at radius 1 is 1.23 bits per heavy atom. The molecule has 1 aromatic carbocycles. The van der Waals surface area contributed by atoms with E-state index < -0.39 is 53.1 Å². The average molecular weight is 412 g/mol. The van der Waals surface area contributed by atoms with Crippen LogP contribution in [0.4, 0.5) is 4.39 Å². The molecular formula is C21H21FN4O4. The van der Waals surface area contributed by atoms with Crippen LogP contribution in [-0.4, -0.2) is 40.9 Å². The van der Waals surface area contributed by atoms with Gasteiger partial charge in [-0.2, -0.15) is 5.26 Å². The van der Waals surface area contributed by atoms with Crippen LogP contribution in [0.1, 0.15) is 25.3 Å². The van der Waals surface area contributed by atoms with Crippen molar-refractivity contribution in [1.82, 2.24) is 4.90 Å². The van der Waals surface area contributed by atoms with Crippen LogP contribution in [0.5, 0.6) is 0 Å². The maximum Gasteiger partial charge on any atom is 0.329 e. The number of hydrogen-bond donors (Lipinski definition) is 2. The van der Waals surface area contributed by atoms with Gasteiger partial charge in [0, 0.05) is 12.1 Å². The van der Waals surface area contributed by atoms with E-state index >= 15 is 0 Å². The predicted octanol–water partition coefficient (Wildman–Crippen LogP) is 0.848. The zero-order chi connectivity index (χ0) is 22.2. The van der Waals surface area contributed by atoms with E-state index in [2.05, 4.69) is 6.07 Å². The number of amides is 2. The van der Waals surface area contributed by atoms with Gasteiger partial charge in [-0.1, -0.05) is 18.2 Å². The summed E-state index contributed by atoms with van der Waals surface area (Å²) in [4.78, 5) is 38.8. The van der Waals surface area contributed by atoms with Crippen molar-refractivity contribution in [1.29, 1.82) is 5.26 Å². The van der Waals surface area contributed by atoms with E-state index in [0.29, 0.717) is 5.56 Å². The quantitative estimate of drug-likeness (QED) is 0.687. The zero-order valence-corrected chi connectivity index (χ0v) is 16.4. The number of halogens is 1. The summed E-state index contributed by atoms with van der Waals surface area (Å²) in [6.45, 7) is 3.27. The van der Waals surface area contributed by atoms with Crippen LogP contribution in [-0.2, 0) is 19.1 Å². The number of carbonyl (C=O) groups is 3. The molecule has 2 aliphatic heterocycles. The van der Waals surface area contributed by atoms with Crippen molar-refractivity contribution in [2.75, 3.05) is 0 Å². The highest BCUT2D eigenvalue weighted by Gasteiger charge is 2.66. The average Bonchev–Trinajstić information content (AvgIpc) is 2.98. The molecule has 0 bridgehead atoms. The van der Waals surface area contributed by atoms with Crippen molar-refractivity contribution in [2.45, 2.75) is 38.0 Å². The third kappa shape index (κ3) is 3.20. The number of ether oxygens (including phenoxy) is 1. The third-order valence-electron chi connectivity index (χ3n) is 5.33. The number of primary amides is 2. The van der Waals surface area contributed by atoms with Gasteiger partial charge >= 0.3 is 5.97 Å². The van der Waals surface area contributed by atoms with Crippen LogP contribution < -0.4 is 11.5 Å². The first-order chi connectivity index (χ1) is 14.1. The summed E-state index contributed by atoms with van der Waals surface area (Å²) in [6, 6.07) is 5.05. The number of rotatable bonds is 5. The van der Waals surface area contributed by atoms with E-state index in [1.807, 2.05) is 0 Å². The van der Waals surface area contributed by atoms with Gasteiger partial charge in [0.1, 0.15) is 11.9 Å². The Hall–Kier alpha value is -3.67. The summed E-state index contributed by atoms with van der Waals surface area (Å²) in [7, 11) is 0. The molecule has 30 heavy (non-hydrogen) atoms. The fourth-order valence-corrected chi connectivity index (χ4v) is 4.14. The molecule has 1 fully saturated rings. The fourth-order valence-electron chi connectivity index (χ4n) is 4.14. The molecule has 0 unspecified atom stereocenters. The number of benzene rings is 1. The highest BCUT2D eigenvalue weighted by molar-refractivity contribution is 5.96.